The second-order valence-corrected chi connectivity index (χ2v) is 2.37. The van der Waals surface area contributed by atoms with Crippen molar-refractivity contribution in [3.05, 3.63) is 11.8 Å². The summed E-state index contributed by atoms with van der Waals surface area (Å²) in [5.74, 6) is -1.81. The Kier molecular flexibility index (Phi) is 2.18. The van der Waals surface area contributed by atoms with E-state index in [-0.39, 0.29) is 11.5 Å². The van der Waals surface area contributed by atoms with Gasteiger partial charge in [-0.15, -0.1) is 0 Å². The Morgan fingerprint density at radius 2 is 2.23 bits per heavy atom. The van der Waals surface area contributed by atoms with Crippen LogP contribution >= 0.6 is 0 Å². The molecular weight excluding hydrogens is 176 g/mol. The number of aliphatic carboxylic acids is 1. The summed E-state index contributed by atoms with van der Waals surface area (Å²) in [6.45, 7) is -0.435. The second kappa shape index (κ2) is 3.13. The highest BCUT2D eigenvalue weighted by Crippen LogP contribution is 2.04. The average molecular weight is 184 g/mol. The van der Waals surface area contributed by atoms with E-state index in [1.807, 2.05) is 0 Å². The first kappa shape index (κ1) is 9.04. The maximum absolute atomic E-state index is 10.7. The molecule has 0 aliphatic rings. The van der Waals surface area contributed by atoms with Crippen molar-refractivity contribution in [1.82, 2.24) is 9.78 Å². The van der Waals surface area contributed by atoms with Crippen molar-refractivity contribution in [3.8, 4) is 0 Å². The van der Waals surface area contributed by atoms with Crippen molar-refractivity contribution in [2.75, 3.05) is 5.73 Å². The number of primary amides is 1. The minimum absolute atomic E-state index is 0.0140. The van der Waals surface area contributed by atoms with Crippen LogP contribution in [0.2, 0.25) is 0 Å². The van der Waals surface area contributed by atoms with Crippen LogP contribution in [0, 0.1) is 0 Å². The van der Waals surface area contributed by atoms with E-state index in [1.54, 1.807) is 0 Å². The molecule has 0 aromatic carbocycles. The van der Waals surface area contributed by atoms with Crippen molar-refractivity contribution < 1.29 is 14.7 Å². The summed E-state index contributed by atoms with van der Waals surface area (Å²) in [6.07, 6.45) is 0. The van der Waals surface area contributed by atoms with Gasteiger partial charge in [0.2, 0.25) is 0 Å². The first-order chi connectivity index (χ1) is 6.00. The first-order valence-corrected chi connectivity index (χ1v) is 3.35. The third-order valence-electron chi connectivity index (χ3n) is 1.34. The van der Waals surface area contributed by atoms with Gasteiger partial charge in [-0.3, -0.25) is 9.59 Å². The molecule has 0 unspecified atom stereocenters. The van der Waals surface area contributed by atoms with Crippen molar-refractivity contribution in [2.45, 2.75) is 6.54 Å². The van der Waals surface area contributed by atoms with Crippen LogP contribution in [0.1, 0.15) is 10.5 Å². The fraction of sp³-hybridized carbons (Fsp3) is 0.167. The minimum atomic E-state index is -1.12. The normalized spacial score (nSPS) is 9.85. The number of carboxylic acids is 1. The maximum atomic E-state index is 10.7. The largest absolute Gasteiger partial charge is 0.480 e. The van der Waals surface area contributed by atoms with E-state index in [9.17, 15) is 9.59 Å². The Balaban J connectivity index is 3.04. The molecule has 5 N–H and O–H groups in total. The van der Waals surface area contributed by atoms with E-state index in [0.717, 1.165) is 4.68 Å². The van der Waals surface area contributed by atoms with Crippen LogP contribution < -0.4 is 11.5 Å². The number of nitrogens with two attached hydrogens (primary N) is 2. The highest BCUT2D eigenvalue weighted by Gasteiger charge is 2.12. The number of hydrogen-bond acceptors (Lipinski definition) is 4. The summed E-state index contributed by atoms with van der Waals surface area (Å²) in [4.78, 5) is 21.0. The fourth-order valence-electron chi connectivity index (χ4n) is 0.884. The standard InChI is InChI=1S/C6H8N4O3/c7-4-1-3(6(8)13)10(9-4)2-5(11)12/h1H,2H2,(H2,7,9)(H2,8,13)(H,11,12). The zero-order chi connectivity index (χ0) is 10.0. The third kappa shape index (κ3) is 1.95. The van der Waals surface area contributed by atoms with E-state index >= 15 is 0 Å². The van der Waals surface area contributed by atoms with Crippen LogP contribution in [0.4, 0.5) is 5.82 Å². The number of carbonyl (C=O) groups is 2. The molecule has 0 saturated heterocycles. The molecule has 0 spiro atoms. The molecule has 1 aromatic rings. The minimum Gasteiger partial charge on any atom is -0.480 e. The van der Waals surface area contributed by atoms with Gasteiger partial charge in [0.25, 0.3) is 5.91 Å². The van der Waals surface area contributed by atoms with Crippen molar-refractivity contribution >= 4 is 17.7 Å². The van der Waals surface area contributed by atoms with E-state index in [1.165, 1.54) is 6.07 Å². The second-order valence-electron chi connectivity index (χ2n) is 2.37. The molecule has 1 heterocycles. The van der Waals surface area contributed by atoms with Crippen LogP contribution in [0.25, 0.3) is 0 Å². The Bertz CT molecular complexity index is 357. The highest BCUT2D eigenvalue weighted by atomic mass is 16.4. The van der Waals surface area contributed by atoms with Gasteiger partial charge in [-0.2, -0.15) is 5.10 Å². The van der Waals surface area contributed by atoms with Gasteiger partial charge in [-0.05, 0) is 0 Å². The van der Waals surface area contributed by atoms with Gasteiger partial charge in [0, 0.05) is 6.07 Å². The van der Waals surface area contributed by atoms with E-state index in [0.29, 0.717) is 0 Å². The Morgan fingerprint density at radius 1 is 1.62 bits per heavy atom. The summed E-state index contributed by atoms with van der Waals surface area (Å²) in [6, 6.07) is 1.23. The number of nitrogen functional groups attached to an aromatic ring is 1. The third-order valence-corrected chi connectivity index (χ3v) is 1.34. The molecule has 0 atom stereocenters. The molecule has 1 amide bonds. The Hall–Kier alpha value is -2.05. The van der Waals surface area contributed by atoms with Crippen molar-refractivity contribution in [2.24, 2.45) is 5.73 Å². The summed E-state index contributed by atoms with van der Waals surface area (Å²) in [5, 5.41) is 12.0. The zero-order valence-corrected chi connectivity index (χ0v) is 6.60. The highest BCUT2D eigenvalue weighted by molar-refractivity contribution is 5.92. The fourth-order valence-corrected chi connectivity index (χ4v) is 0.884. The van der Waals surface area contributed by atoms with Crippen LogP contribution in [-0.2, 0) is 11.3 Å². The molecule has 0 fully saturated rings. The first-order valence-electron chi connectivity index (χ1n) is 3.35. The molecule has 13 heavy (non-hydrogen) atoms. The topological polar surface area (TPSA) is 124 Å². The molecule has 0 aliphatic heterocycles. The van der Waals surface area contributed by atoms with Gasteiger partial charge >= 0.3 is 5.97 Å². The number of rotatable bonds is 3. The number of amides is 1. The molecule has 1 rings (SSSR count). The molecule has 70 valence electrons. The lowest BCUT2D eigenvalue weighted by Crippen LogP contribution is -2.20. The monoisotopic (exact) mass is 184 g/mol. The number of hydrogen-bond donors (Lipinski definition) is 3. The lowest BCUT2D eigenvalue weighted by atomic mass is 10.4. The smallest absolute Gasteiger partial charge is 0.325 e. The van der Waals surface area contributed by atoms with Gasteiger partial charge in [0.1, 0.15) is 18.1 Å². The SMILES string of the molecule is NC(=O)c1cc(N)nn1CC(=O)O. The number of carbonyl (C=O) groups excluding carboxylic acids is 1. The molecule has 7 nitrogen and oxygen atoms in total. The predicted octanol–water partition coefficient (Wildman–Crippen LogP) is -1.35. The van der Waals surface area contributed by atoms with Crippen LogP contribution in [0.5, 0.6) is 0 Å². The number of nitrogens with zero attached hydrogens (tertiary/aromatic N) is 2. The van der Waals surface area contributed by atoms with Crippen LogP contribution in [-0.4, -0.2) is 26.8 Å². The van der Waals surface area contributed by atoms with Crippen molar-refractivity contribution in [3.63, 3.8) is 0 Å². The molecule has 0 radical (unpaired) electrons. The number of anilines is 1. The summed E-state index contributed by atoms with van der Waals surface area (Å²) in [5.41, 5.74) is 10.2. The Morgan fingerprint density at radius 3 is 2.69 bits per heavy atom. The lowest BCUT2D eigenvalue weighted by Gasteiger charge is -1.99. The average Bonchev–Trinajstić information content (AvgIpc) is 2.29. The van der Waals surface area contributed by atoms with Gasteiger partial charge in [-0.1, -0.05) is 0 Å². The molecule has 0 bridgehead atoms. The zero-order valence-electron chi connectivity index (χ0n) is 6.60. The quantitative estimate of drug-likeness (QED) is 0.535. The Labute approximate surface area is 72.9 Å². The predicted molar refractivity (Wildman–Crippen MR) is 42.8 cm³/mol. The van der Waals surface area contributed by atoms with E-state index in [2.05, 4.69) is 5.10 Å². The summed E-state index contributed by atoms with van der Waals surface area (Å²) in [7, 11) is 0. The van der Waals surface area contributed by atoms with E-state index < -0.39 is 18.4 Å². The number of aromatic nitrogens is 2. The lowest BCUT2D eigenvalue weighted by molar-refractivity contribution is -0.137. The number of carboxylic acid groups (broad SMARTS) is 1. The van der Waals surface area contributed by atoms with E-state index in [4.69, 9.17) is 16.6 Å². The van der Waals surface area contributed by atoms with Crippen LogP contribution in [0.3, 0.4) is 0 Å². The maximum Gasteiger partial charge on any atom is 0.325 e. The summed E-state index contributed by atoms with van der Waals surface area (Å²) < 4.78 is 0.944. The van der Waals surface area contributed by atoms with Gasteiger partial charge in [0.05, 0.1) is 0 Å². The van der Waals surface area contributed by atoms with Crippen molar-refractivity contribution in [1.29, 1.82) is 0 Å². The van der Waals surface area contributed by atoms with Gasteiger partial charge in [-0.25, -0.2) is 4.68 Å². The molecule has 7 heteroatoms. The van der Waals surface area contributed by atoms with Gasteiger partial charge in [0.15, 0.2) is 0 Å². The molecular formula is C6H8N4O3. The summed E-state index contributed by atoms with van der Waals surface area (Å²) >= 11 is 0. The molecule has 0 aliphatic carbocycles. The van der Waals surface area contributed by atoms with Gasteiger partial charge < -0.3 is 16.6 Å². The molecule has 0 saturated carbocycles. The van der Waals surface area contributed by atoms with Crippen LogP contribution in [0.15, 0.2) is 6.07 Å². The molecule has 1 aromatic heterocycles.